The van der Waals surface area contributed by atoms with E-state index in [4.69, 9.17) is 14.2 Å². The second kappa shape index (κ2) is 10.1. The van der Waals surface area contributed by atoms with Gasteiger partial charge in [0.15, 0.2) is 0 Å². The van der Waals surface area contributed by atoms with Gasteiger partial charge in [-0.05, 0) is 33.6 Å². The predicted octanol–water partition coefficient (Wildman–Crippen LogP) is 3.52. The van der Waals surface area contributed by atoms with Crippen molar-refractivity contribution in [1.82, 2.24) is 0 Å². The molecule has 0 amide bonds. The first kappa shape index (κ1) is 22.7. The number of hydrogen-bond donors (Lipinski definition) is 0. The van der Waals surface area contributed by atoms with Crippen LogP contribution in [0.5, 0.6) is 0 Å². The fraction of sp³-hybridized carbons (Fsp3) is 0.571. The van der Waals surface area contributed by atoms with E-state index in [1.54, 1.807) is 20.8 Å². The molecule has 6 nitrogen and oxygen atoms in total. The van der Waals surface area contributed by atoms with Gasteiger partial charge in [-0.2, -0.15) is 0 Å². The number of carbonyl (C=O) groups is 3. The van der Waals surface area contributed by atoms with Gasteiger partial charge in [-0.3, -0.25) is 0 Å². The van der Waals surface area contributed by atoms with Gasteiger partial charge in [-0.15, -0.1) is 0 Å². The minimum Gasteiger partial charge on any atom is -0.462 e. The lowest BCUT2D eigenvalue weighted by molar-refractivity contribution is -0.161. The molecule has 0 N–H and O–H groups in total. The summed E-state index contributed by atoms with van der Waals surface area (Å²) in [6.45, 7) is 15.8. The number of esters is 3. The second-order valence-electron chi connectivity index (χ2n) is 7.40. The van der Waals surface area contributed by atoms with Crippen LogP contribution in [-0.4, -0.2) is 37.7 Å². The van der Waals surface area contributed by atoms with E-state index in [0.717, 1.165) is 19.3 Å². The molecule has 0 aromatic heterocycles. The number of hydrogen-bond acceptors (Lipinski definition) is 6. The van der Waals surface area contributed by atoms with Crippen LogP contribution in [-0.2, 0) is 28.6 Å². The van der Waals surface area contributed by atoms with E-state index in [2.05, 4.69) is 19.7 Å². The summed E-state index contributed by atoms with van der Waals surface area (Å²) in [6, 6.07) is 0. The van der Waals surface area contributed by atoms with Gasteiger partial charge >= 0.3 is 17.9 Å². The Morgan fingerprint density at radius 2 is 1.26 bits per heavy atom. The molecule has 0 radical (unpaired) electrons. The Morgan fingerprint density at radius 1 is 0.815 bits per heavy atom. The molecule has 0 aromatic rings. The molecule has 27 heavy (non-hydrogen) atoms. The predicted molar refractivity (Wildman–Crippen MR) is 102 cm³/mol. The molecular weight excluding hydrogens is 348 g/mol. The van der Waals surface area contributed by atoms with Crippen LogP contribution in [0.4, 0.5) is 0 Å². The molecule has 0 heterocycles. The first-order chi connectivity index (χ1) is 12.6. The third-order valence-electron chi connectivity index (χ3n) is 4.79. The number of ether oxygens (including phenoxy) is 3. The van der Waals surface area contributed by atoms with Crippen LogP contribution >= 0.6 is 0 Å². The van der Waals surface area contributed by atoms with Crippen molar-refractivity contribution in [3.05, 3.63) is 36.5 Å². The topological polar surface area (TPSA) is 78.9 Å². The van der Waals surface area contributed by atoms with Crippen LogP contribution in [0, 0.1) is 11.3 Å². The molecule has 0 bridgehead atoms. The van der Waals surface area contributed by atoms with Crippen LogP contribution in [0.1, 0.15) is 46.5 Å². The fourth-order valence-electron chi connectivity index (χ4n) is 3.02. The lowest BCUT2D eigenvalue weighted by Gasteiger charge is -2.42. The molecule has 0 spiro atoms. The first-order valence-electron chi connectivity index (χ1n) is 9.07. The average molecular weight is 378 g/mol. The van der Waals surface area contributed by atoms with Crippen LogP contribution in [0.2, 0.25) is 0 Å². The van der Waals surface area contributed by atoms with Gasteiger partial charge in [0.2, 0.25) is 0 Å². The fourth-order valence-corrected chi connectivity index (χ4v) is 3.02. The molecular formula is C21H30O6. The molecule has 6 heteroatoms. The summed E-state index contributed by atoms with van der Waals surface area (Å²) < 4.78 is 16.2. The van der Waals surface area contributed by atoms with Crippen molar-refractivity contribution >= 4 is 17.9 Å². The number of carbonyl (C=O) groups excluding carboxylic acids is 3. The van der Waals surface area contributed by atoms with E-state index in [0.29, 0.717) is 23.1 Å². The molecule has 1 atom stereocenters. The Balaban J connectivity index is 2.97. The second-order valence-corrected chi connectivity index (χ2v) is 7.40. The zero-order chi connectivity index (χ0) is 20.6. The summed E-state index contributed by atoms with van der Waals surface area (Å²) in [5.74, 6) is -1.56. The maximum absolute atomic E-state index is 11.9. The highest BCUT2D eigenvalue weighted by atomic mass is 16.6. The highest BCUT2D eigenvalue weighted by Crippen LogP contribution is 2.42. The van der Waals surface area contributed by atoms with Gasteiger partial charge in [0.05, 0.1) is 6.61 Å². The van der Waals surface area contributed by atoms with E-state index in [1.807, 2.05) is 0 Å². The summed E-state index contributed by atoms with van der Waals surface area (Å²) >= 11 is 0. The molecule has 0 aromatic carbocycles. The van der Waals surface area contributed by atoms with Crippen LogP contribution in [0.15, 0.2) is 36.5 Å². The van der Waals surface area contributed by atoms with Gasteiger partial charge in [-0.1, -0.05) is 32.6 Å². The van der Waals surface area contributed by atoms with E-state index in [-0.39, 0.29) is 25.7 Å². The summed E-state index contributed by atoms with van der Waals surface area (Å²) in [5.41, 5.74) is 0.290. The Labute approximate surface area is 161 Å². The third kappa shape index (κ3) is 6.70. The monoisotopic (exact) mass is 378 g/mol. The summed E-state index contributed by atoms with van der Waals surface area (Å²) in [6.07, 6.45) is 3.33. The van der Waals surface area contributed by atoms with Crippen LogP contribution in [0.25, 0.3) is 0 Å². The van der Waals surface area contributed by atoms with E-state index >= 15 is 0 Å². The summed E-state index contributed by atoms with van der Waals surface area (Å²) in [7, 11) is 0. The van der Waals surface area contributed by atoms with Gasteiger partial charge in [0.25, 0.3) is 0 Å². The van der Waals surface area contributed by atoms with Crippen LogP contribution < -0.4 is 0 Å². The van der Waals surface area contributed by atoms with E-state index < -0.39 is 23.3 Å². The lowest BCUT2D eigenvalue weighted by atomic mass is 9.67. The smallest absolute Gasteiger partial charge is 0.333 e. The largest absolute Gasteiger partial charge is 0.462 e. The van der Waals surface area contributed by atoms with Gasteiger partial charge in [0.1, 0.15) is 13.2 Å². The standard InChI is InChI=1S/C21H30O6/c1-14(2)18(22)25-11-17-9-7-8-10-21(17,12-26-19(23)15(3)4)13-27-20(24)16(5)6/h17H,1,3,5,7-13H2,2,4,6H3. The molecule has 0 aliphatic heterocycles. The van der Waals surface area contributed by atoms with Crippen molar-refractivity contribution in [2.75, 3.05) is 19.8 Å². The van der Waals surface area contributed by atoms with E-state index in [9.17, 15) is 14.4 Å². The summed E-state index contributed by atoms with van der Waals surface area (Å²) in [4.78, 5) is 35.6. The number of rotatable bonds is 9. The lowest BCUT2D eigenvalue weighted by Crippen LogP contribution is -2.45. The van der Waals surface area contributed by atoms with Gasteiger partial charge in [-0.25, -0.2) is 14.4 Å². The van der Waals surface area contributed by atoms with Gasteiger partial charge in [0, 0.05) is 28.1 Å². The highest BCUT2D eigenvalue weighted by Gasteiger charge is 2.44. The van der Waals surface area contributed by atoms with Crippen molar-refractivity contribution < 1.29 is 28.6 Å². The molecule has 0 saturated heterocycles. The van der Waals surface area contributed by atoms with Crippen molar-refractivity contribution in [3.8, 4) is 0 Å². The van der Waals surface area contributed by atoms with Crippen molar-refractivity contribution in [1.29, 1.82) is 0 Å². The van der Waals surface area contributed by atoms with Crippen molar-refractivity contribution in [3.63, 3.8) is 0 Å². The average Bonchev–Trinajstić information content (AvgIpc) is 2.62. The molecule has 1 saturated carbocycles. The molecule has 1 aliphatic carbocycles. The zero-order valence-electron chi connectivity index (χ0n) is 16.6. The van der Waals surface area contributed by atoms with Crippen molar-refractivity contribution in [2.45, 2.75) is 46.5 Å². The molecule has 1 fully saturated rings. The Morgan fingerprint density at radius 3 is 1.70 bits per heavy atom. The molecule has 1 aliphatic rings. The molecule has 150 valence electrons. The van der Waals surface area contributed by atoms with Crippen LogP contribution in [0.3, 0.4) is 0 Å². The SMILES string of the molecule is C=C(C)C(=O)OCC1CCCCC1(COC(=O)C(=C)C)COC(=O)C(=C)C. The first-order valence-corrected chi connectivity index (χ1v) is 9.07. The zero-order valence-corrected chi connectivity index (χ0v) is 16.6. The normalized spacial score (nSPS) is 18.1. The highest BCUT2D eigenvalue weighted by molar-refractivity contribution is 5.87. The molecule has 1 unspecified atom stereocenters. The minimum atomic E-state index is -0.621. The Kier molecular flexibility index (Phi) is 8.47. The minimum absolute atomic E-state index is 0.0669. The molecule has 1 rings (SSSR count). The Bertz CT molecular complexity index is 601. The van der Waals surface area contributed by atoms with Crippen molar-refractivity contribution in [2.24, 2.45) is 11.3 Å². The van der Waals surface area contributed by atoms with E-state index in [1.165, 1.54) is 0 Å². The maximum atomic E-state index is 11.9. The summed E-state index contributed by atoms with van der Waals surface area (Å²) in [5, 5.41) is 0. The maximum Gasteiger partial charge on any atom is 0.333 e. The Hall–Kier alpha value is -2.37. The third-order valence-corrected chi connectivity index (χ3v) is 4.79. The quantitative estimate of drug-likeness (QED) is 0.347. The van der Waals surface area contributed by atoms with Gasteiger partial charge < -0.3 is 14.2 Å².